The lowest BCUT2D eigenvalue weighted by atomic mass is 9.87. The number of hydrogen-bond donors (Lipinski definition) is 1. The standard InChI is InChI=1S/C21H25F3N2O3S/c1-20(2,3)16-8-10-18(11-9-16)26(30(4,28)29)14-19(27)25-13-15-6-5-7-17(12-15)21(22,23)24/h5-12H,13-14H2,1-4H3,(H,25,27). The first-order valence-electron chi connectivity index (χ1n) is 9.19. The Balaban J connectivity index is 2.12. The third-order valence-corrected chi connectivity index (χ3v) is 5.59. The van der Waals surface area contributed by atoms with Crippen molar-refractivity contribution in [2.45, 2.75) is 38.9 Å². The lowest BCUT2D eigenvalue weighted by Crippen LogP contribution is -2.40. The molecule has 2 rings (SSSR count). The van der Waals surface area contributed by atoms with Crippen LogP contribution < -0.4 is 9.62 Å². The highest BCUT2D eigenvalue weighted by Crippen LogP contribution is 2.29. The van der Waals surface area contributed by atoms with Crippen molar-refractivity contribution in [3.05, 3.63) is 65.2 Å². The van der Waals surface area contributed by atoms with E-state index >= 15 is 0 Å². The molecule has 0 atom stereocenters. The summed E-state index contributed by atoms with van der Waals surface area (Å²) in [6, 6.07) is 11.4. The van der Waals surface area contributed by atoms with Gasteiger partial charge >= 0.3 is 6.18 Å². The summed E-state index contributed by atoms with van der Waals surface area (Å²) < 4.78 is 63.8. The van der Waals surface area contributed by atoms with Crippen LogP contribution in [0.3, 0.4) is 0 Å². The fourth-order valence-corrected chi connectivity index (χ4v) is 3.63. The van der Waals surface area contributed by atoms with E-state index in [1.165, 1.54) is 12.1 Å². The summed E-state index contributed by atoms with van der Waals surface area (Å²) in [5, 5.41) is 2.47. The zero-order chi connectivity index (χ0) is 22.7. The van der Waals surface area contributed by atoms with E-state index in [0.29, 0.717) is 5.69 Å². The van der Waals surface area contributed by atoms with Gasteiger partial charge in [-0.15, -0.1) is 0 Å². The first kappa shape index (κ1) is 23.7. The molecule has 0 bridgehead atoms. The minimum Gasteiger partial charge on any atom is -0.350 e. The minimum atomic E-state index is -4.48. The monoisotopic (exact) mass is 442 g/mol. The summed E-state index contributed by atoms with van der Waals surface area (Å²) in [6.07, 6.45) is -3.49. The summed E-state index contributed by atoms with van der Waals surface area (Å²) in [4.78, 5) is 12.3. The first-order valence-corrected chi connectivity index (χ1v) is 11.0. The molecule has 0 aliphatic heterocycles. The van der Waals surface area contributed by atoms with Crippen LogP contribution in [0.15, 0.2) is 48.5 Å². The molecule has 0 aliphatic rings. The Morgan fingerprint density at radius 3 is 2.10 bits per heavy atom. The SMILES string of the molecule is CC(C)(C)c1ccc(N(CC(=O)NCc2cccc(C(F)(F)F)c2)S(C)(=O)=O)cc1. The largest absolute Gasteiger partial charge is 0.416 e. The molecular weight excluding hydrogens is 417 g/mol. The Kier molecular flexibility index (Phi) is 6.86. The number of nitrogens with zero attached hydrogens (tertiary/aromatic N) is 1. The Labute approximate surface area is 175 Å². The van der Waals surface area contributed by atoms with E-state index in [4.69, 9.17) is 0 Å². The van der Waals surface area contributed by atoms with Gasteiger partial charge in [0.05, 0.1) is 17.5 Å². The second-order valence-electron chi connectivity index (χ2n) is 8.04. The number of anilines is 1. The maximum absolute atomic E-state index is 12.8. The van der Waals surface area contributed by atoms with Gasteiger partial charge in [0, 0.05) is 6.54 Å². The summed E-state index contributed by atoms with van der Waals surface area (Å²) >= 11 is 0. The van der Waals surface area contributed by atoms with E-state index in [1.54, 1.807) is 24.3 Å². The Morgan fingerprint density at radius 2 is 1.60 bits per heavy atom. The van der Waals surface area contributed by atoms with Gasteiger partial charge in [0.25, 0.3) is 0 Å². The van der Waals surface area contributed by atoms with Crippen LogP contribution >= 0.6 is 0 Å². The van der Waals surface area contributed by atoms with Gasteiger partial charge in [0.1, 0.15) is 6.54 Å². The second-order valence-corrected chi connectivity index (χ2v) is 9.95. The van der Waals surface area contributed by atoms with Crippen molar-refractivity contribution in [2.24, 2.45) is 0 Å². The summed E-state index contributed by atoms with van der Waals surface area (Å²) in [6.45, 7) is 5.45. The molecule has 30 heavy (non-hydrogen) atoms. The highest BCUT2D eigenvalue weighted by atomic mass is 32.2. The van der Waals surface area contributed by atoms with Gasteiger partial charge in [-0.1, -0.05) is 45.0 Å². The molecule has 9 heteroatoms. The van der Waals surface area contributed by atoms with Crippen molar-refractivity contribution >= 4 is 21.6 Å². The van der Waals surface area contributed by atoms with E-state index in [0.717, 1.165) is 28.3 Å². The summed E-state index contributed by atoms with van der Waals surface area (Å²) in [5.74, 6) is -0.627. The number of rotatable bonds is 6. The second kappa shape index (κ2) is 8.67. The van der Waals surface area contributed by atoms with E-state index in [2.05, 4.69) is 5.32 Å². The number of carbonyl (C=O) groups excluding carboxylic acids is 1. The molecule has 164 valence electrons. The van der Waals surface area contributed by atoms with E-state index in [-0.39, 0.29) is 17.5 Å². The fourth-order valence-electron chi connectivity index (χ4n) is 2.77. The first-order chi connectivity index (χ1) is 13.7. The van der Waals surface area contributed by atoms with Crippen molar-refractivity contribution < 1.29 is 26.4 Å². The molecule has 2 aromatic rings. The third kappa shape index (κ3) is 6.48. The van der Waals surface area contributed by atoms with Crippen LogP contribution in [0.25, 0.3) is 0 Å². The molecule has 0 saturated carbocycles. The smallest absolute Gasteiger partial charge is 0.350 e. The maximum atomic E-state index is 12.8. The zero-order valence-electron chi connectivity index (χ0n) is 17.2. The maximum Gasteiger partial charge on any atom is 0.416 e. The topological polar surface area (TPSA) is 66.5 Å². The number of alkyl halides is 3. The summed E-state index contributed by atoms with van der Waals surface area (Å²) in [5.41, 5.74) is 0.675. The number of hydrogen-bond acceptors (Lipinski definition) is 3. The molecule has 0 spiro atoms. The van der Waals surface area contributed by atoms with Crippen LogP contribution in [0.4, 0.5) is 18.9 Å². The van der Waals surface area contributed by atoms with Crippen LogP contribution in [0, 0.1) is 0 Å². The normalized spacial score (nSPS) is 12.5. The van der Waals surface area contributed by atoms with Crippen LogP contribution in [-0.2, 0) is 33.0 Å². The Hall–Kier alpha value is -2.55. The lowest BCUT2D eigenvalue weighted by Gasteiger charge is -2.24. The van der Waals surface area contributed by atoms with Crippen molar-refractivity contribution in [1.29, 1.82) is 0 Å². The van der Waals surface area contributed by atoms with Crippen LogP contribution in [0.1, 0.15) is 37.5 Å². The molecule has 0 aliphatic carbocycles. The molecule has 0 fully saturated rings. The number of carbonyl (C=O) groups is 1. The van der Waals surface area contributed by atoms with Gasteiger partial charge in [0.15, 0.2) is 0 Å². The number of halogens is 3. The van der Waals surface area contributed by atoms with Gasteiger partial charge in [-0.05, 0) is 40.8 Å². The molecule has 1 amide bonds. The number of benzene rings is 2. The van der Waals surface area contributed by atoms with Crippen molar-refractivity contribution in [3.63, 3.8) is 0 Å². The zero-order valence-corrected chi connectivity index (χ0v) is 18.1. The Morgan fingerprint density at radius 1 is 1.00 bits per heavy atom. The highest BCUT2D eigenvalue weighted by molar-refractivity contribution is 7.92. The number of sulfonamides is 1. The molecule has 0 radical (unpaired) electrons. The molecule has 0 heterocycles. The van der Waals surface area contributed by atoms with Crippen molar-refractivity contribution in [2.75, 3.05) is 17.1 Å². The molecule has 0 aromatic heterocycles. The van der Waals surface area contributed by atoms with E-state index in [1.807, 2.05) is 20.8 Å². The molecular formula is C21H25F3N2O3S. The van der Waals surface area contributed by atoms with Gasteiger partial charge < -0.3 is 5.32 Å². The highest BCUT2D eigenvalue weighted by Gasteiger charge is 2.30. The molecule has 1 N–H and O–H groups in total. The Bertz CT molecular complexity index is 995. The average molecular weight is 443 g/mol. The van der Waals surface area contributed by atoms with Crippen LogP contribution in [-0.4, -0.2) is 27.1 Å². The van der Waals surface area contributed by atoms with Crippen LogP contribution in [0.5, 0.6) is 0 Å². The van der Waals surface area contributed by atoms with Crippen molar-refractivity contribution in [1.82, 2.24) is 5.32 Å². The third-order valence-electron chi connectivity index (χ3n) is 4.45. The predicted octanol–water partition coefficient (Wildman–Crippen LogP) is 4.09. The molecule has 0 saturated heterocycles. The molecule has 0 unspecified atom stereocenters. The average Bonchev–Trinajstić information content (AvgIpc) is 2.62. The molecule has 5 nitrogen and oxygen atoms in total. The quantitative estimate of drug-likeness (QED) is 0.733. The van der Waals surface area contributed by atoms with Crippen molar-refractivity contribution in [3.8, 4) is 0 Å². The fraction of sp³-hybridized carbons (Fsp3) is 0.381. The predicted molar refractivity (Wildman–Crippen MR) is 111 cm³/mol. The van der Waals surface area contributed by atoms with Gasteiger partial charge in [-0.2, -0.15) is 13.2 Å². The number of amides is 1. The molecule has 2 aromatic carbocycles. The van der Waals surface area contributed by atoms with Crippen LogP contribution in [0.2, 0.25) is 0 Å². The van der Waals surface area contributed by atoms with Gasteiger partial charge in [-0.3, -0.25) is 9.10 Å². The lowest BCUT2D eigenvalue weighted by molar-refractivity contribution is -0.137. The van der Waals surface area contributed by atoms with Gasteiger partial charge in [-0.25, -0.2) is 8.42 Å². The minimum absolute atomic E-state index is 0.114. The summed E-state index contributed by atoms with van der Waals surface area (Å²) in [7, 11) is -3.75. The van der Waals surface area contributed by atoms with Gasteiger partial charge in [0.2, 0.25) is 15.9 Å². The van der Waals surface area contributed by atoms with E-state index < -0.39 is 34.2 Å². The number of nitrogens with one attached hydrogen (secondary N) is 1. The van der Waals surface area contributed by atoms with E-state index in [9.17, 15) is 26.4 Å².